The van der Waals surface area contributed by atoms with E-state index < -0.39 is 0 Å². The summed E-state index contributed by atoms with van der Waals surface area (Å²) in [6.07, 6.45) is 9.85. The second kappa shape index (κ2) is 5.00. The van der Waals surface area contributed by atoms with Gasteiger partial charge in [0.25, 0.3) is 0 Å². The topological polar surface area (TPSA) is 30.7 Å². The van der Waals surface area contributed by atoms with Crippen LogP contribution < -0.4 is 0 Å². The van der Waals surface area contributed by atoms with Gasteiger partial charge < -0.3 is 4.57 Å². The van der Waals surface area contributed by atoms with Gasteiger partial charge in [-0.2, -0.15) is 0 Å². The predicted octanol–water partition coefficient (Wildman–Crippen LogP) is 3.47. The molecule has 0 radical (unpaired) electrons. The first-order chi connectivity index (χ1) is 8.67. The van der Waals surface area contributed by atoms with Crippen molar-refractivity contribution in [2.24, 2.45) is 7.05 Å². The smallest absolute Gasteiger partial charge is 0.125 e. The molecule has 18 heavy (non-hydrogen) atoms. The van der Waals surface area contributed by atoms with Crippen LogP contribution in [-0.4, -0.2) is 14.5 Å². The largest absolute Gasteiger partial charge is 0.350 e. The molecule has 0 saturated heterocycles. The normalized spacial score (nSPS) is 11.1. The average molecular weight is 239 g/mol. The summed E-state index contributed by atoms with van der Waals surface area (Å²) in [4.78, 5) is 8.62. The second-order valence-corrected chi connectivity index (χ2v) is 4.15. The van der Waals surface area contributed by atoms with Crippen LogP contribution in [0.2, 0.25) is 0 Å². The summed E-state index contributed by atoms with van der Waals surface area (Å²) in [6, 6.07) is 1.93. The lowest BCUT2D eigenvalue weighted by atomic mass is 10.1. The van der Waals surface area contributed by atoms with Gasteiger partial charge in [-0.25, -0.2) is 9.97 Å². The number of hydrogen-bond donors (Lipinski definition) is 0. The molecule has 92 valence electrons. The van der Waals surface area contributed by atoms with E-state index in [1.165, 1.54) is 0 Å². The Hall–Kier alpha value is -2.16. The Kier molecular flexibility index (Phi) is 3.42. The maximum absolute atomic E-state index is 4.48. The van der Waals surface area contributed by atoms with E-state index in [0.717, 1.165) is 28.3 Å². The maximum Gasteiger partial charge on any atom is 0.125 e. The monoisotopic (exact) mass is 239 g/mol. The number of aryl methyl sites for hydroxylation is 2. The van der Waals surface area contributed by atoms with E-state index in [-0.39, 0.29) is 0 Å². The Morgan fingerprint density at radius 3 is 2.78 bits per heavy atom. The first kappa shape index (κ1) is 12.3. The molecule has 0 unspecified atom stereocenters. The van der Waals surface area contributed by atoms with Crippen molar-refractivity contribution in [1.82, 2.24) is 14.5 Å². The van der Waals surface area contributed by atoms with Crippen molar-refractivity contribution in [3.8, 4) is 11.3 Å². The molecule has 3 nitrogen and oxygen atoms in total. The van der Waals surface area contributed by atoms with Gasteiger partial charge in [0.05, 0.1) is 5.69 Å². The van der Waals surface area contributed by atoms with Gasteiger partial charge in [0, 0.05) is 36.3 Å². The molecular weight excluding hydrogens is 222 g/mol. The fourth-order valence-corrected chi connectivity index (χ4v) is 2.07. The minimum Gasteiger partial charge on any atom is -0.350 e. The van der Waals surface area contributed by atoms with E-state index in [0.29, 0.717) is 0 Å². The second-order valence-electron chi connectivity index (χ2n) is 4.15. The molecule has 2 aromatic heterocycles. The number of aromatic nitrogens is 3. The molecule has 0 saturated carbocycles. The van der Waals surface area contributed by atoms with Crippen LogP contribution in [0.4, 0.5) is 0 Å². The van der Waals surface area contributed by atoms with Gasteiger partial charge >= 0.3 is 0 Å². The molecule has 3 heteroatoms. The lowest BCUT2D eigenvalue weighted by Gasteiger charge is -2.01. The van der Waals surface area contributed by atoms with Crippen molar-refractivity contribution in [2.45, 2.75) is 13.8 Å². The van der Waals surface area contributed by atoms with Crippen molar-refractivity contribution in [2.75, 3.05) is 0 Å². The highest BCUT2D eigenvalue weighted by atomic mass is 14.9. The van der Waals surface area contributed by atoms with Crippen molar-refractivity contribution in [3.63, 3.8) is 0 Å². The van der Waals surface area contributed by atoms with Crippen LogP contribution in [0.3, 0.4) is 0 Å². The molecule has 2 aromatic rings. The van der Waals surface area contributed by atoms with Crippen molar-refractivity contribution in [3.05, 3.63) is 48.2 Å². The summed E-state index contributed by atoms with van der Waals surface area (Å²) in [7, 11) is 2.02. The zero-order valence-electron chi connectivity index (χ0n) is 11.0. The van der Waals surface area contributed by atoms with Gasteiger partial charge in [0.15, 0.2) is 0 Å². The first-order valence-electron chi connectivity index (χ1n) is 5.92. The average Bonchev–Trinajstić information content (AvgIpc) is 2.66. The van der Waals surface area contributed by atoms with Gasteiger partial charge in [-0.05, 0) is 26.0 Å². The summed E-state index contributed by atoms with van der Waals surface area (Å²) < 4.78 is 2.06. The van der Waals surface area contributed by atoms with E-state index in [2.05, 4.69) is 33.4 Å². The number of allylic oxidation sites excluding steroid dienone is 1. The highest BCUT2D eigenvalue weighted by Gasteiger charge is 2.12. The van der Waals surface area contributed by atoms with E-state index in [1.54, 1.807) is 6.20 Å². The molecule has 0 aromatic carbocycles. The molecule has 0 aliphatic rings. The Morgan fingerprint density at radius 2 is 2.17 bits per heavy atom. The lowest BCUT2D eigenvalue weighted by molar-refractivity contribution is 0.914. The summed E-state index contributed by atoms with van der Waals surface area (Å²) in [6.45, 7) is 7.78. The number of rotatable bonds is 3. The van der Waals surface area contributed by atoms with E-state index in [4.69, 9.17) is 0 Å². The molecule has 0 spiro atoms. The minimum absolute atomic E-state index is 0.780. The molecule has 0 fully saturated rings. The third-order valence-corrected chi connectivity index (χ3v) is 2.85. The Labute approximate surface area is 108 Å². The van der Waals surface area contributed by atoms with Gasteiger partial charge in [-0.1, -0.05) is 18.7 Å². The van der Waals surface area contributed by atoms with Gasteiger partial charge in [-0.15, -0.1) is 0 Å². The van der Waals surface area contributed by atoms with Crippen LogP contribution in [0.1, 0.15) is 24.0 Å². The highest BCUT2D eigenvalue weighted by Crippen LogP contribution is 2.28. The van der Waals surface area contributed by atoms with Crippen LogP contribution in [0, 0.1) is 6.92 Å². The molecule has 0 amide bonds. The fraction of sp³-hybridized carbons (Fsp3) is 0.200. The highest BCUT2D eigenvalue weighted by molar-refractivity contribution is 5.78. The molecule has 0 bridgehead atoms. The summed E-state index contributed by atoms with van der Waals surface area (Å²) in [5.74, 6) is 0.780. The third-order valence-electron chi connectivity index (χ3n) is 2.85. The van der Waals surface area contributed by atoms with E-state index in [9.17, 15) is 0 Å². The zero-order valence-corrected chi connectivity index (χ0v) is 11.0. The predicted molar refractivity (Wildman–Crippen MR) is 76.0 cm³/mol. The summed E-state index contributed by atoms with van der Waals surface area (Å²) in [5.41, 5.74) is 4.29. The molecular formula is C15H17N3. The Balaban J connectivity index is 2.67. The van der Waals surface area contributed by atoms with Crippen LogP contribution in [0.25, 0.3) is 23.4 Å². The van der Waals surface area contributed by atoms with Crippen molar-refractivity contribution >= 4 is 12.2 Å². The number of hydrogen-bond acceptors (Lipinski definition) is 2. The minimum atomic E-state index is 0.780. The van der Waals surface area contributed by atoms with Crippen LogP contribution >= 0.6 is 0 Å². The molecule has 2 heterocycles. The number of nitrogens with zero attached hydrogens (tertiary/aromatic N) is 3. The van der Waals surface area contributed by atoms with Crippen molar-refractivity contribution < 1.29 is 0 Å². The zero-order chi connectivity index (χ0) is 13.1. The van der Waals surface area contributed by atoms with Crippen LogP contribution in [0.15, 0.2) is 31.1 Å². The lowest BCUT2D eigenvalue weighted by Crippen LogP contribution is -1.90. The Bertz CT molecular complexity index is 606. The Morgan fingerprint density at radius 1 is 1.39 bits per heavy atom. The molecule has 0 aliphatic carbocycles. The SMILES string of the molecule is C=Cc1c(/C=C\C)c(-c2ccnc(C)n2)cn1C. The molecule has 2 rings (SSSR count). The van der Waals surface area contributed by atoms with Crippen LogP contribution in [-0.2, 0) is 7.05 Å². The first-order valence-corrected chi connectivity index (χ1v) is 5.92. The molecule has 0 aliphatic heterocycles. The quantitative estimate of drug-likeness (QED) is 0.821. The maximum atomic E-state index is 4.48. The summed E-state index contributed by atoms with van der Waals surface area (Å²) in [5, 5.41) is 0. The van der Waals surface area contributed by atoms with Gasteiger partial charge in [0.2, 0.25) is 0 Å². The van der Waals surface area contributed by atoms with E-state index >= 15 is 0 Å². The summed E-state index contributed by atoms with van der Waals surface area (Å²) >= 11 is 0. The molecule has 0 N–H and O–H groups in total. The molecule has 0 atom stereocenters. The third kappa shape index (κ3) is 2.12. The van der Waals surface area contributed by atoms with E-state index in [1.807, 2.05) is 39.1 Å². The van der Waals surface area contributed by atoms with Crippen LogP contribution in [0.5, 0.6) is 0 Å². The standard InChI is InChI=1S/C15H17N3/c1-5-7-12-13(10-18(4)15(12)6-2)14-8-9-16-11(3)17-14/h5-10H,2H2,1,3-4H3/b7-5-. The van der Waals surface area contributed by atoms with Gasteiger partial charge in [-0.3, -0.25) is 0 Å². The van der Waals surface area contributed by atoms with Crippen molar-refractivity contribution in [1.29, 1.82) is 0 Å². The fourth-order valence-electron chi connectivity index (χ4n) is 2.07. The van der Waals surface area contributed by atoms with Gasteiger partial charge in [0.1, 0.15) is 5.82 Å².